The van der Waals surface area contributed by atoms with Gasteiger partial charge in [0.25, 0.3) is 0 Å². The van der Waals surface area contributed by atoms with Crippen molar-refractivity contribution in [2.75, 3.05) is 0 Å². The molecule has 90 valence electrons. The van der Waals surface area contributed by atoms with E-state index >= 15 is 0 Å². The Hall–Kier alpha value is -0.860. The number of benzene rings is 1. The van der Waals surface area contributed by atoms with Gasteiger partial charge in [-0.15, -0.1) is 22.9 Å². The SMILES string of the molecule is CCc1ccsc1C(Cl)Cc1cccc(F)c1. The summed E-state index contributed by atoms with van der Waals surface area (Å²) in [5, 5.41) is 2.00. The molecule has 17 heavy (non-hydrogen) atoms. The summed E-state index contributed by atoms with van der Waals surface area (Å²) >= 11 is 8.09. The van der Waals surface area contributed by atoms with Crippen LogP contribution in [0.1, 0.15) is 28.3 Å². The second-order valence-electron chi connectivity index (χ2n) is 3.97. The predicted molar refractivity (Wildman–Crippen MR) is 72.4 cm³/mol. The highest BCUT2D eigenvalue weighted by atomic mass is 35.5. The number of hydrogen-bond acceptors (Lipinski definition) is 1. The zero-order chi connectivity index (χ0) is 12.3. The van der Waals surface area contributed by atoms with Crippen LogP contribution in [0.4, 0.5) is 4.39 Å². The molecule has 0 saturated heterocycles. The van der Waals surface area contributed by atoms with Gasteiger partial charge in [-0.1, -0.05) is 19.1 Å². The van der Waals surface area contributed by atoms with E-state index in [1.165, 1.54) is 16.5 Å². The van der Waals surface area contributed by atoms with Crippen LogP contribution in [-0.2, 0) is 12.8 Å². The quantitative estimate of drug-likeness (QED) is 0.687. The van der Waals surface area contributed by atoms with Gasteiger partial charge in [0.05, 0.1) is 5.38 Å². The van der Waals surface area contributed by atoms with Gasteiger partial charge in [-0.2, -0.15) is 0 Å². The molecule has 1 aromatic heterocycles. The maximum Gasteiger partial charge on any atom is 0.123 e. The Bertz CT molecular complexity index is 492. The largest absolute Gasteiger partial charge is 0.207 e. The standard InChI is InChI=1S/C14H14ClFS/c1-2-11-6-7-17-14(11)13(15)9-10-4-3-5-12(16)8-10/h3-8,13H,2,9H2,1H3. The Morgan fingerprint density at radius 3 is 2.88 bits per heavy atom. The average Bonchev–Trinajstić information content (AvgIpc) is 2.77. The summed E-state index contributed by atoms with van der Waals surface area (Å²) in [4.78, 5) is 1.21. The van der Waals surface area contributed by atoms with E-state index in [1.807, 2.05) is 6.07 Å². The molecule has 0 aliphatic rings. The Balaban J connectivity index is 2.14. The summed E-state index contributed by atoms with van der Waals surface area (Å²) in [7, 11) is 0. The van der Waals surface area contributed by atoms with Crippen molar-refractivity contribution in [3.8, 4) is 0 Å². The second kappa shape index (κ2) is 5.65. The molecule has 3 heteroatoms. The fourth-order valence-electron chi connectivity index (χ4n) is 1.88. The zero-order valence-electron chi connectivity index (χ0n) is 9.62. The Labute approximate surface area is 110 Å². The number of alkyl halides is 1. The zero-order valence-corrected chi connectivity index (χ0v) is 11.2. The van der Waals surface area contributed by atoms with Crippen LogP contribution in [0.5, 0.6) is 0 Å². The first-order chi connectivity index (χ1) is 8.20. The first kappa shape index (κ1) is 12.6. The number of halogens is 2. The van der Waals surface area contributed by atoms with Crippen molar-refractivity contribution >= 4 is 22.9 Å². The van der Waals surface area contributed by atoms with E-state index in [2.05, 4.69) is 18.4 Å². The van der Waals surface area contributed by atoms with Crippen molar-refractivity contribution in [1.29, 1.82) is 0 Å². The molecule has 0 saturated carbocycles. The highest BCUT2D eigenvalue weighted by Gasteiger charge is 2.14. The van der Waals surface area contributed by atoms with E-state index in [0.29, 0.717) is 6.42 Å². The molecule has 0 aliphatic carbocycles. The van der Waals surface area contributed by atoms with Crippen molar-refractivity contribution in [2.45, 2.75) is 25.1 Å². The molecule has 1 atom stereocenters. The molecule has 0 bridgehead atoms. The fourth-order valence-corrected chi connectivity index (χ4v) is 3.32. The maximum atomic E-state index is 13.1. The van der Waals surface area contributed by atoms with Gasteiger partial charge in [-0.25, -0.2) is 4.39 Å². The molecule has 2 aromatic rings. The molecule has 0 radical (unpaired) electrons. The minimum Gasteiger partial charge on any atom is -0.207 e. The van der Waals surface area contributed by atoms with E-state index in [0.717, 1.165) is 12.0 Å². The highest BCUT2D eigenvalue weighted by Crippen LogP contribution is 2.32. The van der Waals surface area contributed by atoms with E-state index in [-0.39, 0.29) is 11.2 Å². The monoisotopic (exact) mass is 268 g/mol. The van der Waals surface area contributed by atoms with Crippen molar-refractivity contribution in [1.82, 2.24) is 0 Å². The molecule has 0 N–H and O–H groups in total. The summed E-state index contributed by atoms with van der Waals surface area (Å²) in [5.74, 6) is -0.201. The normalized spacial score (nSPS) is 12.6. The second-order valence-corrected chi connectivity index (χ2v) is 5.44. The summed E-state index contributed by atoms with van der Waals surface area (Å²) < 4.78 is 13.1. The van der Waals surface area contributed by atoms with Crippen LogP contribution in [-0.4, -0.2) is 0 Å². The molecule has 1 aromatic carbocycles. The lowest BCUT2D eigenvalue weighted by atomic mass is 10.1. The Morgan fingerprint density at radius 1 is 1.35 bits per heavy atom. The van der Waals surface area contributed by atoms with Gasteiger partial charge >= 0.3 is 0 Å². The molecule has 2 rings (SSSR count). The van der Waals surface area contributed by atoms with Crippen molar-refractivity contribution in [3.63, 3.8) is 0 Å². The number of aryl methyl sites for hydroxylation is 1. The molecule has 0 nitrogen and oxygen atoms in total. The summed E-state index contributed by atoms with van der Waals surface area (Å²) in [6, 6.07) is 8.76. The van der Waals surface area contributed by atoms with E-state index in [1.54, 1.807) is 23.5 Å². The van der Waals surface area contributed by atoms with Gasteiger partial charge in [0.2, 0.25) is 0 Å². The summed E-state index contributed by atoms with van der Waals surface area (Å²) in [6.45, 7) is 2.12. The van der Waals surface area contributed by atoms with E-state index in [4.69, 9.17) is 11.6 Å². The molecular weight excluding hydrogens is 255 g/mol. The number of hydrogen-bond donors (Lipinski definition) is 0. The number of rotatable bonds is 4. The smallest absolute Gasteiger partial charge is 0.123 e. The van der Waals surface area contributed by atoms with Crippen LogP contribution < -0.4 is 0 Å². The van der Waals surface area contributed by atoms with Crippen molar-refractivity contribution < 1.29 is 4.39 Å². The number of thiophene rings is 1. The van der Waals surface area contributed by atoms with Crippen LogP contribution in [0.2, 0.25) is 0 Å². The van der Waals surface area contributed by atoms with Crippen molar-refractivity contribution in [3.05, 3.63) is 57.5 Å². The molecular formula is C14H14ClFS. The van der Waals surface area contributed by atoms with Gasteiger partial charge in [-0.05, 0) is 47.5 Å². The minimum atomic E-state index is -0.201. The predicted octanol–water partition coefficient (Wildman–Crippen LogP) is 4.97. The third-order valence-electron chi connectivity index (χ3n) is 2.75. The van der Waals surface area contributed by atoms with Gasteiger partial charge in [0.15, 0.2) is 0 Å². The van der Waals surface area contributed by atoms with Crippen LogP contribution in [0.15, 0.2) is 35.7 Å². The lowest BCUT2D eigenvalue weighted by Gasteiger charge is -2.10. The topological polar surface area (TPSA) is 0 Å². The van der Waals surface area contributed by atoms with Crippen molar-refractivity contribution in [2.24, 2.45) is 0 Å². The molecule has 0 spiro atoms. The first-order valence-corrected chi connectivity index (χ1v) is 6.97. The van der Waals surface area contributed by atoms with E-state index in [9.17, 15) is 4.39 Å². The summed E-state index contributed by atoms with van der Waals surface area (Å²) in [5.41, 5.74) is 2.24. The van der Waals surface area contributed by atoms with Crippen LogP contribution in [0.3, 0.4) is 0 Å². The Kier molecular flexibility index (Phi) is 4.19. The molecule has 0 amide bonds. The van der Waals surface area contributed by atoms with Gasteiger partial charge in [0.1, 0.15) is 5.82 Å². The van der Waals surface area contributed by atoms with Crippen LogP contribution in [0.25, 0.3) is 0 Å². The molecule has 1 heterocycles. The highest BCUT2D eigenvalue weighted by molar-refractivity contribution is 7.10. The lowest BCUT2D eigenvalue weighted by Crippen LogP contribution is -1.97. The molecule has 0 aliphatic heterocycles. The Morgan fingerprint density at radius 2 is 2.18 bits per heavy atom. The van der Waals surface area contributed by atoms with Gasteiger partial charge in [-0.3, -0.25) is 0 Å². The first-order valence-electron chi connectivity index (χ1n) is 5.65. The van der Waals surface area contributed by atoms with Crippen LogP contribution in [0, 0.1) is 5.82 Å². The molecule has 1 unspecified atom stereocenters. The third-order valence-corrected chi connectivity index (χ3v) is 4.32. The maximum absolute atomic E-state index is 13.1. The van der Waals surface area contributed by atoms with E-state index < -0.39 is 0 Å². The summed E-state index contributed by atoms with van der Waals surface area (Å²) in [6.07, 6.45) is 1.66. The minimum absolute atomic E-state index is 0.0632. The molecule has 0 fully saturated rings. The van der Waals surface area contributed by atoms with Gasteiger partial charge in [0, 0.05) is 4.88 Å². The average molecular weight is 269 g/mol. The van der Waals surface area contributed by atoms with Crippen LogP contribution >= 0.6 is 22.9 Å². The lowest BCUT2D eigenvalue weighted by molar-refractivity contribution is 0.625. The van der Waals surface area contributed by atoms with Gasteiger partial charge < -0.3 is 0 Å². The third kappa shape index (κ3) is 3.08. The fraction of sp³-hybridized carbons (Fsp3) is 0.286.